The topological polar surface area (TPSA) is 37.3 Å². The first-order chi connectivity index (χ1) is 6.20. The zero-order valence-electron chi connectivity index (χ0n) is 6.90. The van der Waals surface area contributed by atoms with Gasteiger partial charge in [-0.15, -0.1) is 0 Å². The van der Waals surface area contributed by atoms with Crippen LogP contribution in [0.2, 0.25) is 5.02 Å². The number of hydrogen-bond acceptors (Lipinski definition) is 1. The quantitative estimate of drug-likeness (QED) is 0.789. The fraction of sp³-hybridized carbons (Fsp3) is 0.300. The Bertz CT molecular complexity index is 349. The Balaban J connectivity index is 2.21. The van der Waals surface area contributed by atoms with E-state index in [-0.39, 0.29) is 11.8 Å². The van der Waals surface area contributed by atoms with Crippen molar-refractivity contribution < 1.29 is 9.90 Å². The third-order valence-electron chi connectivity index (χ3n) is 2.41. The zero-order valence-corrected chi connectivity index (χ0v) is 7.66. The van der Waals surface area contributed by atoms with Crippen LogP contribution in [0.3, 0.4) is 0 Å². The van der Waals surface area contributed by atoms with E-state index in [4.69, 9.17) is 16.7 Å². The summed E-state index contributed by atoms with van der Waals surface area (Å²) in [7, 11) is 0. The lowest BCUT2D eigenvalue weighted by Gasteiger charge is -2.00. The molecule has 0 radical (unpaired) electrons. The van der Waals surface area contributed by atoms with Gasteiger partial charge in [-0.1, -0.05) is 29.8 Å². The highest BCUT2D eigenvalue weighted by molar-refractivity contribution is 6.31. The molecule has 0 aliphatic heterocycles. The molecule has 0 spiro atoms. The Kier molecular flexibility index (Phi) is 2.00. The molecule has 13 heavy (non-hydrogen) atoms. The van der Waals surface area contributed by atoms with E-state index in [0.717, 1.165) is 12.0 Å². The van der Waals surface area contributed by atoms with Crippen molar-refractivity contribution in [3.05, 3.63) is 34.9 Å². The van der Waals surface area contributed by atoms with Crippen LogP contribution in [-0.4, -0.2) is 11.1 Å². The first-order valence-corrected chi connectivity index (χ1v) is 4.55. The number of carbonyl (C=O) groups is 1. The van der Waals surface area contributed by atoms with Gasteiger partial charge >= 0.3 is 5.97 Å². The van der Waals surface area contributed by atoms with Crippen LogP contribution < -0.4 is 0 Å². The summed E-state index contributed by atoms with van der Waals surface area (Å²) in [5.74, 6) is -0.809. The highest BCUT2D eigenvalue weighted by Crippen LogP contribution is 2.49. The maximum absolute atomic E-state index is 10.6. The van der Waals surface area contributed by atoms with E-state index in [1.165, 1.54) is 0 Å². The van der Waals surface area contributed by atoms with Gasteiger partial charge in [-0.2, -0.15) is 0 Å². The minimum absolute atomic E-state index is 0.131. The lowest BCUT2D eigenvalue weighted by molar-refractivity contribution is -0.138. The molecular weight excluding hydrogens is 188 g/mol. The van der Waals surface area contributed by atoms with Gasteiger partial charge in [-0.05, 0) is 24.0 Å². The number of benzene rings is 1. The van der Waals surface area contributed by atoms with Gasteiger partial charge in [0, 0.05) is 5.02 Å². The van der Waals surface area contributed by atoms with Crippen molar-refractivity contribution in [2.75, 3.05) is 0 Å². The molecule has 1 aliphatic carbocycles. The molecular formula is C10H9ClO2. The molecule has 1 fully saturated rings. The molecule has 0 saturated heterocycles. The molecule has 0 aromatic heterocycles. The molecule has 2 rings (SSSR count). The second-order valence-electron chi connectivity index (χ2n) is 3.31. The predicted octanol–water partition coefficient (Wildman–Crippen LogP) is 2.53. The number of rotatable bonds is 2. The molecule has 0 bridgehead atoms. The monoisotopic (exact) mass is 196 g/mol. The number of hydrogen-bond donors (Lipinski definition) is 1. The summed E-state index contributed by atoms with van der Waals surface area (Å²) in [6.07, 6.45) is 0.721. The average Bonchev–Trinajstić information content (AvgIpc) is 2.84. The van der Waals surface area contributed by atoms with Crippen LogP contribution in [0.15, 0.2) is 24.3 Å². The van der Waals surface area contributed by atoms with Crippen LogP contribution in [0, 0.1) is 5.92 Å². The molecule has 1 aromatic carbocycles. The van der Waals surface area contributed by atoms with Crippen molar-refractivity contribution in [3.8, 4) is 0 Å². The third-order valence-corrected chi connectivity index (χ3v) is 2.76. The Morgan fingerprint density at radius 1 is 1.46 bits per heavy atom. The maximum atomic E-state index is 10.6. The van der Waals surface area contributed by atoms with Gasteiger partial charge in [-0.25, -0.2) is 0 Å². The average molecular weight is 197 g/mol. The number of halogens is 1. The van der Waals surface area contributed by atoms with Crippen molar-refractivity contribution >= 4 is 17.6 Å². The number of aliphatic carboxylic acids is 1. The largest absolute Gasteiger partial charge is 0.481 e. The molecule has 0 heterocycles. The smallest absolute Gasteiger partial charge is 0.307 e. The van der Waals surface area contributed by atoms with E-state index in [1.807, 2.05) is 18.2 Å². The van der Waals surface area contributed by atoms with E-state index in [9.17, 15) is 4.79 Å². The summed E-state index contributed by atoms with van der Waals surface area (Å²) < 4.78 is 0. The molecule has 2 atom stereocenters. The van der Waals surface area contributed by atoms with Crippen LogP contribution in [-0.2, 0) is 4.79 Å². The van der Waals surface area contributed by atoms with Crippen molar-refractivity contribution in [2.45, 2.75) is 12.3 Å². The van der Waals surface area contributed by atoms with E-state index in [2.05, 4.69) is 0 Å². The van der Waals surface area contributed by atoms with Crippen LogP contribution in [0.25, 0.3) is 0 Å². The summed E-state index contributed by atoms with van der Waals surface area (Å²) in [5.41, 5.74) is 0.969. The fourth-order valence-corrected chi connectivity index (χ4v) is 1.86. The number of carboxylic acid groups (broad SMARTS) is 1. The molecule has 1 N–H and O–H groups in total. The van der Waals surface area contributed by atoms with Gasteiger partial charge in [0.1, 0.15) is 0 Å². The fourth-order valence-electron chi connectivity index (χ4n) is 1.59. The van der Waals surface area contributed by atoms with E-state index in [1.54, 1.807) is 6.07 Å². The SMILES string of the molecule is O=C(O)[C@@H]1C[C@@H]1c1ccccc1Cl. The second kappa shape index (κ2) is 3.04. The van der Waals surface area contributed by atoms with E-state index < -0.39 is 5.97 Å². The summed E-state index contributed by atoms with van der Waals surface area (Å²) in [4.78, 5) is 10.6. The van der Waals surface area contributed by atoms with Crippen molar-refractivity contribution in [3.63, 3.8) is 0 Å². The molecule has 2 nitrogen and oxygen atoms in total. The first-order valence-electron chi connectivity index (χ1n) is 4.17. The highest BCUT2D eigenvalue weighted by Gasteiger charge is 2.44. The van der Waals surface area contributed by atoms with Gasteiger partial charge < -0.3 is 5.11 Å². The van der Waals surface area contributed by atoms with Gasteiger partial charge in [0.2, 0.25) is 0 Å². The standard InChI is InChI=1S/C10H9ClO2/c11-9-4-2-1-3-6(9)7-5-8(7)10(12)13/h1-4,7-8H,5H2,(H,12,13)/t7-,8-/m1/s1. The van der Waals surface area contributed by atoms with Crippen LogP contribution >= 0.6 is 11.6 Å². The minimum atomic E-state index is -0.718. The summed E-state index contributed by atoms with van der Waals surface area (Å²) >= 11 is 5.94. The lowest BCUT2D eigenvalue weighted by Crippen LogP contribution is -1.98. The third kappa shape index (κ3) is 1.54. The Morgan fingerprint density at radius 3 is 2.69 bits per heavy atom. The molecule has 3 heteroatoms. The van der Waals surface area contributed by atoms with Gasteiger partial charge in [-0.3, -0.25) is 4.79 Å². The molecule has 1 aliphatic rings. The predicted molar refractivity (Wildman–Crippen MR) is 49.9 cm³/mol. The van der Waals surface area contributed by atoms with Gasteiger partial charge in [0.25, 0.3) is 0 Å². The summed E-state index contributed by atoms with van der Waals surface area (Å²) in [6, 6.07) is 7.44. The molecule has 1 saturated carbocycles. The van der Waals surface area contributed by atoms with Crippen molar-refractivity contribution in [1.82, 2.24) is 0 Å². The van der Waals surface area contributed by atoms with Crippen molar-refractivity contribution in [1.29, 1.82) is 0 Å². The minimum Gasteiger partial charge on any atom is -0.481 e. The molecule has 1 aromatic rings. The molecule has 68 valence electrons. The highest BCUT2D eigenvalue weighted by atomic mass is 35.5. The number of carboxylic acids is 1. The van der Waals surface area contributed by atoms with Crippen LogP contribution in [0.5, 0.6) is 0 Å². The lowest BCUT2D eigenvalue weighted by atomic mass is 10.1. The maximum Gasteiger partial charge on any atom is 0.307 e. The Labute approximate surface area is 81.1 Å². The van der Waals surface area contributed by atoms with E-state index >= 15 is 0 Å². The van der Waals surface area contributed by atoms with Crippen LogP contribution in [0.4, 0.5) is 0 Å². The molecule has 0 unspecified atom stereocenters. The first kappa shape index (κ1) is 8.57. The Hall–Kier alpha value is -1.02. The van der Waals surface area contributed by atoms with Gasteiger partial charge in [0.05, 0.1) is 5.92 Å². The van der Waals surface area contributed by atoms with Gasteiger partial charge in [0.15, 0.2) is 0 Å². The summed E-state index contributed by atoms with van der Waals surface area (Å²) in [6.45, 7) is 0. The van der Waals surface area contributed by atoms with Crippen molar-refractivity contribution in [2.24, 2.45) is 5.92 Å². The van der Waals surface area contributed by atoms with E-state index in [0.29, 0.717) is 5.02 Å². The summed E-state index contributed by atoms with van der Waals surface area (Å²) in [5, 5.41) is 9.41. The zero-order chi connectivity index (χ0) is 9.42. The molecule has 0 amide bonds. The normalized spacial score (nSPS) is 25.6. The Morgan fingerprint density at radius 2 is 2.15 bits per heavy atom. The second-order valence-corrected chi connectivity index (χ2v) is 3.72. The van der Waals surface area contributed by atoms with Crippen LogP contribution in [0.1, 0.15) is 17.9 Å².